The van der Waals surface area contributed by atoms with Crippen molar-refractivity contribution in [1.29, 1.82) is 0 Å². The molecule has 0 spiro atoms. The van der Waals surface area contributed by atoms with Gasteiger partial charge in [-0.05, 0) is 70.0 Å². The van der Waals surface area contributed by atoms with Gasteiger partial charge in [0.15, 0.2) is 0 Å². The van der Waals surface area contributed by atoms with Crippen molar-refractivity contribution in [2.75, 3.05) is 6.54 Å². The van der Waals surface area contributed by atoms with Crippen LogP contribution in [0.25, 0.3) is 21.6 Å². The van der Waals surface area contributed by atoms with Crippen LogP contribution in [0.1, 0.15) is 65.7 Å². The Morgan fingerprint density at radius 2 is 1.84 bits per heavy atom. The molecule has 3 N–H and O–H groups in total. The van der Waals surface area contributed by atoms with Gasteiger partial charge in [-0.2, -0.15) is 5.06 Å². The summed E-state index contributed by atoms with van der Waals surface area (Å²) in [5, 5.41) is 26.2. The topological polar surface area (TPSA) is 171 Å². The average Bonchev–Trinajstić information content (AvgIpc) is 3.35. The minimum absolute atomic E-state index is 0.0107. The molecule has 49 heavy (non-hydrogen) atoms. The number of carbonyl (C=O) groups is 4. The van der Waals surface area contributed by atoms with E-state index in [0.717, 1.165) is 11.3 Å². The fourth-order valence-corrected chi connectivity index (χ4v) is 7.16. The van der Waals surface area contributed by atoms with E-state index in [0.29, 0.717) is 41.1 Å². The molecule has 0 radical (unpaired) electrons. The van der Waals surface area contributed by atoms with Crippen molar-refractivity contribution in [3.05, 3.63) is 53.9 Å². The first kappa shape index (κ1) is 34.3. The molecule has 13 nitrogen and oxygen atoms in total. The van der Waals surface area contributed by atoms with Crippen LogP contribution in [0.2, 0.25) is 0 Å². The fraction of sp³-hybridized carbons (Fsp3) is 0.486. The summed E-state index contributed by atoms with van der Waals surface area (Å²) in [5.41, 5.74) is -0.641. The lowest BCUT2D eigenvalue weighted by Gasteiger charge is -2.33. The van der Waals surface area contributed by atoms with Gasteiger partial charge in [-0.15, -0.1) is 11.3 Å². The molecule has 4 heterocycles. The minimum Gasteiger partial charge on any atom is -0.479 e. The molecule has 3 amide bonds. The van der Waals surface area contributed by atoms with Gasteiger partial charge in [0.25, 0.3) is 0 Å². The number of ether oxygens (including phenoxy) is 2. The number of aliphatic carboxylic acids is 1. The molecule has 1 aromatic carbocycles. The summed E-state index contributed by atoms with van der Waals surface area (Å²) in [7, 11) is 0. The molecule has 3 aliphatic rings. The second-order valence-corrected chi connectivity index (χ2v) is 14.8. The first-order chi connectivity index (χ1) is 23.4. The Kier molecular flexibility index (Phi) is 9.63. The Morgan fingerprint density at radius 3 is 2.53 bits per heavy atom. The zero-order chi connectivity index (χ0) is 34.9. The Labute approximate surface area is 287 Å². The van der Waals surface area contributed by atoms with Crippen LogP contribution in [0, 0.1) is 5.92 Å². The molecular weight excluding hydrogens is 650 g/mol. The van der Waals surface area contributed by atoms with E-state index in [1.165, 1.54) is 16.2 Å². The summed E-state index contributed by atoms with van der Waals surface area (Å²) < 4.78 is 11.8. The third kappa shape index (κ3) is 7.39. The lowest BCUT2D eigenvalue weighted by Crippen LogP contribution is -2.57. The molecule has 2 fully saturated rings. The van der Waals surface area contributed by atoms with Crippen LogP contribution in [0.3, 0.4) is 0 Å². The number of para-hydroxylation sites is 2. The minimum atomic E-state index is -1.49. The number of hydrogen-bond acceptors (Lipinski definition) is 10. The van der Waals surface area contributed by atoms with Gasteiger partial charge in [0, 0.05) is 12.3 Å². The maximum absolute atomic E-state index is 14.4. The van der Waals surface area contributed by atoms with Crippen molar-refractivity contribution in [3.8, 4) is 16.5 Å². The lowest BCUT2D eigenvalue weighted by atomic mass is 10.0. The van der Waals surface area contributed by atoms with Crippen LogP contribution in [0.4, 0.5) is 4.79 Å². The van der Waals surface area contributed by atoms with Crippen LogP contribution < -0.4 is 10.1 Å². The number of benzene rings is 1. The van der Waals surface area contributed by atoms with Crippen molar-refractivity contribution in [2.24, 2.45) is 5.92 Å². The Hall–Kier alpha value is -4.56. The van der Waals surface area contributed by atoms with Crippen molar-refractivity contribution < 1.29 is 39.0 Å². The lowest BCUT2D eigenvalue weighted by molar-refractivity contribution is -0.162. The molecule has 1 saturated carbocycles. The molecule has 5 atom stereocenters. The van der Waals surface area contributed by atoms with Crippen LogP contribution in [0.15, 0.2) is 53.9 Å². The summed E-state index contributed by atoms with van der Waals surface area (Å²) in [6.07, 6.45) is 4.93. The smallest absolute Gasteiger partial charge is 0.435 e. The monoisotopic (exact) mass is 691 g/mol. The number of rotatable bonds is 5. The number of aromatic nitrogens is 2. The van der Waals surface area contributed by atoms with Gasteiger partial charge in [-0.1, -0.05) is 43.2 Å². The zero-order valence-electron chi connectivity index (χ0n) is 27.7. The largest absolute Gasteiger partial charge is 0.479 e. The van der Waals surface area contributed by atoms with Crippen LogP contribution in [0.5, 0.6) is 5.88 Å². The van der Waals surface area contributed by atoms with Gasteiger partial charge in [0.05, 0.1) is 22.5 Å². The molecule has 2 aliphatic heterocycles. The average molecular weight is 692 g/mol. The highest BCUT2D eigenvalue weighted by molar-refractivity contribution is 7.13. The van der Waals surface area contributed by atoms with Gasteiger partial charge >= 0.3 is 12.1 Å². The van der Waals surface area contributed by atoms with E-state index >= 15 is 0 Å². The molecule has 2 aromatic heterocycles. The third-order valence-electron chi connectivity index (χ3n) is 9.04. The Morgan fingerprint density at radius 1 is 1.08 bits per heavy atom. The first-order valence-electron chi connectivity index (χ1n) is 16.6. The molecule has 6 rings (SSSR count). The Balaban J connectivity index is 1.34. The summed E-state index contributed by atoms with van der Waals surface area (Å²) in [6.45, 7) is 4.86. The van der Waals surface area contributed by atoms with E-state index < -0.39 is 53.2 Å². The predicted molar refractivity (Wildman–Crippen MR) is 180 cm³/mol. The Bertz CT molecular complexity index is 1760. The highest BCUT2D eigenvalue weighted by Crippen LogP contribution is 2.45. The number of allylic oxidation sites excluding steroid dienone is 1. The van der Waals surface area contributed by atoms with E-state index in [4.69, 9.17) is 19.4 Å². The second kappa shape index (κ2) is 13.7. The van der Waals surface area contributed by atoms with Gasteiger partial charge in [0.1, 0.15) is 35.0 Å². The number of nitrogens with one attached hydrogen (secondary N) is 1. The van der Waals surface area contributed by atoms with Gasteiger partial charge in [0.2, 0.25) is 17.7 Å². The molecule has 1 saturated heterocycles. The van der Waals surface area contributed by atoms with Crippen LogP contribution in [-0.4, -0.2) is 90.0 Å². The quantitative estimate of drug-likeness (QED) is 0.184. The number of hydrogen-bond donors (Lipinski definition) is 3. The number of amides is 3. The molecule has 0 bridgehead atoms. The van der Waals surface area contributed by atoms with Crippen molar-refractivity contribution >= 4 is 46.2 Å². The van der Waals surface area contributed by atoms with Gasteiger partial charge < -0.3 is 24.8 Å². The second-order valence-electron chi connectivity index (χ2n) is 13.8. The third-order valence-corrected chi connectivity index (χ3v) is 9.92. The fourth-order valence-electron chi connectivity index (χ4n) is 6.45. The predicted octanol–water partition coefficient (Wildman–Crippen LogP) is 5.18. The first-order valence-corrected chi connectivity index (χ1v) is 17.5. The maximum Gasteiger partial charge on any atom is 0.435 e. The molecular formula is C35H41N5O8S. The van der Waals surface area contributed by atoms with Crippen molar-refractivity contribution in [2.45, 2.75) is 95.0 Å². The summed E-state index contributed by atoms with van der Waals surface area (Å²) in [4.78, 5) is 65.5. The van der Waals surface area contributed by atoms with Crippen LogP contribution >= 0.6 is 11.3 Å². The van der Waals surface area contributed by atoms with Gasteiger partial charge in [-0.25, -0.2) is 19.6 Å². The van der Waals surface area contributed by atoms with E-state index in [1.54, 1.807) is 20.8 Å². The summed E-state index contributed by atoms with van der Waals surface area (Å²) in [5.74, 6) is -2.64. The molecule has 14 heteroatoms. The van der Waals surface area contributed by atoms with E-state index in [2.05, 4.69) is 5.32 Å². The van der Waals surface area contributed by atoms with Crippen molar-refractivity contribution in [3.63, 3.8) is 0 Å². The summed E-state index contributed by atoms with van der Waals surface area (Å²) in [6, 6.07) is 8.64. The zero-order valence-corrected chi connectivity index (χ0v) is 28.5. The van der Waals surface area contributed by atoms with E-state index in [-0.39, 0.29) is 37.6 Å². The molecule has 3 aromatic rings. The van der Waals surface area contributed by atoms with Crippen molar-refractivity contribution in [1.82, 2.24) is 25.2 Å². The number of fused-ring (bicyclic) bond motifs is 3. The molecule has 1 unspecified atom stereocenters. The molecule has 1 aliphatic carbocycles. The summed E-state index contributed by atoms with van der Waals surface area (Å²) >= 11 is 1.46. The van der Waals surface area contributed by atoms with E-state index in [9.17, 15) is 29.5 Å². The number of carboxylic acids is 1. The maximum atomic E-state index is 14.4. The highest BCUT2D eigenvalue weighted by Gasteiger charge is 2.61. The standard InChI is InChI=1S/C35H41N5O8S/c1-34(2,3)48-33(45)40(46)25-15-8-6-4-5-7-12-21-19-35(21,32(43)44)38-29(41)26-18-22(20-39(26)31(25)42)47-30-28(27-16-11-17-49-27)36-23-13-9-10-14-24(23)37-30/h7,9-14,16-17,21-22,25-26,46H,4-6,8,15,18-20H2,1-3H3,(H,38,41)(H,43,44)/b12-7-/t21?,22-,25-,26+,35-/m1/s1. The highest BCUT2D eigenvalue weighted by atomic mass is 32.1. The normalized spacial score (nSPS) is 26.8. The number of carboxylic acid groups (broad SMARTS) is 1. The van der Waals surface area contributed by atoms with Crippen LogP contribution in [-0.2, 0) is 19.1 Å². The number of carbonyl (C=O) groups excluding carboxylic acids is 3. The number of hydroxylamine groups is 2. The number of thiophene rings is 1. The number of nitrogens with zero attached hydrogens (tertiary/aromatic N) is 4. The van der Waals surface area contributed by atoms with E-state index in [1.807, 2.05) is 53.9 Å². The SMILES string of the molecule is CC(C)(C)OC(=O)N(O)[C@@H]1CCCCC/C=C\C2C[C@@]2(C(=O)O)NC(=O)[C@@H]2C[C@@H](Oc3nc4ccccc4nc3-c3cccs3)CN2C1=O. The van der Waals surface area contributed by atoms with Gasteiger partial charge in [-0.3, -0.25) is 14.8 Å². The molecule has 260 valence electrons.